The van der Waals surface area contributed by atoms with Crippen LogP contribution in [0.15, 0.2) is 34.2 Å². The fourth-order valence-electron chi connectivity index (χ4n) is 1.40. The molecule has 0 N–H and O–H groups in total. The Hall–Kier alpha value is -1.66. The van der Waals surface area contributed by atoms with Crippen LogP contribution in [-0.4, -0.2) is 15.1 Å². The SMILES string of the molecule is Cc1c(Cl)nnc(Sc2ccc([N+](=O)[O-])cc2)c1C. The van der Waals surface area contributed by atoms with E-state index in [2.05, 4.69) is 10.2 Å². The Labute approximate surface area is 119 Å². The van der Waals surface area contributed by atoms with Crippen molar-refractivity contribution >= 4 is 29.1 Å². The van der Waals surface area contributed by atoms with Gasteiger partial charge in [-0.1, -0.05) is 23.4 Å². The molecule has 98 valence electrons. The molecule has 0 aliphatic carbocycles. The van der Waals surface area contributed by atoms with Gasteiger partial charge >= 0.3 is 0 Å². The number of nitro benzene ring substituents is 1. The first-order chi connectivity index (χ1) is 8.99. The Balaban J connectivity index is 2.26. The summed E-state index contributed by atoms with van der Waals surface area (Å²) in [6, 6.07) is 6.31. The topological polar surface area (TPSA) is 68.9 Å². The normalized spacial score (nSPS) is 10.5. The fraction of sp³-hybridized carbons (Fsp3) is 0.167. The van der Waals surface area contributed by atoms with Gasteiger partial charge in [0.15, 0.2) is 5.15 Å². The molecule has 0 amide bonds. The molecule has 0 fully saturated rings. The molecule has 1 aromatic heterocycles. The largest absolute Gasteiger partial charge is 0.269 e. The van der Waals surface area contributed by atoms with Crippen LogP contribution in [0.4, 0.5) is 5.69 Å². The number of benzene rings is 1. The van der Waals surface area contributed by atoms with E-state index < -0.39 is 4.92 Å². The van der Waals surface area contributed by atoms with Crippen LogP contribution in [0.5, 0.6) is 0 Å². The Kier molecular flexibility index (Phi) is 4.01. The predicted octanol–water partition coefficient (Wildman–Crippen LogP) is 3.81. The zero-order valence-corrected chi connectivity index (χ0v) is 11.8. The first kappa shape index (κ1) is 13.8. The summed E-state index contributed by atoms with van der Waals surface area (Å²) in [4.78, 5) is 11.0. The number of non-ortho nitro benzene ring substituents is 1. The fourth-order valence-corrected chi connectivity index (χ4v) is 2.46. The van der Waals surface area contributed by atoms with Gasteiger partial charge in [0.2, 0.25) is 0 Å². The summed E-state index contributed by atoms with van der Waals surface area (Å²) < 4.78 is 0. The van der Waals surface area contributed by atoms with Gasteiger partial charge in [0.25, 0.3) is 5.69 Å². The monoisotopic (exact) mass is 295 g/mol. The van der Waals surface area contributed by atoms with Crippen molar-refractivity contribution in [3.63, 3.8) is 0 Å². The minimum absolute atomic E-state index is 0.0689. The quantitative estimate of drug-likeness (QED) is 0.636. The highest BCUT2D eigenvalue weighted by Gasteiger charge is 2.10. The summed E-state index contributed by atoms with van der Waals surface area (Å²) in [5.74, 6) is 0. The molecule has 1 heterocycles. The number of nitro groups is 1. The Morgan fingerprint density at radius 2 is 1.79 bits per heavy atom. The third-order valence-electron chi connectivity index (χ3n) is 2.68. The molecule has 7 heteroatoms. The van der Waals surface area contributed by atoms with Crippen LogP contribution in [0, 0.1) is 24.0 Å². The third-order valence-corrected chi connectivity index (χ3v) is 4.13. The zero-order valence-electron chi connectivity index (χ0n) is 10.3. The molecule has 0 aliphatic heterocycles. The van der Waals surface area contributed by atoms with Gasteiger partial charge < -0.3 is 0 Å². The number of nitrogens with zero attached hydrogens (tertiary/aromatic N) is 3. The van der Waals surface area contributed by atoms with Crippen molar-refractivity contribution in [1.29, 1.82) is 0 Å². The lowest BCUT2D eigenvalue weighted by molar-refractivity contribution is -0.384. The van der Waals surface area contributed by atoms with E-state index in [0.717, 1.165) is 21.0 Å². The third kappa shape index (κ3) is 3.02. The highest BCUT2D eigenvalue weighted by atomic mass is 35.5. The van der Waals surface area contributed by atoms with E-state index in [9.17, 15) is 10.1 Å². The van der Waals surface area contributed by atoms with Crippen molar-refractivity contribution in [1.82, 2.24) is 10.2 Å². The van der Waals surface area contributed by atoms with Gasteiger partial charge in [0.1, 0.15) is 5.03 Å². The van der Waals surface area contributed by atoms with E-state index >= 15 is 0 Å². The van der Waals surface area contributed by atoms with Crippen LogP contribution in [0.2, 0.25) is 5.15 Å². The maximum Gasteiger partial charge on any atom is 0.269 e. The summed E-state index contributed by atoms with van der Waals surface area (Å²) in [5.41, 5.74) is 1.92. The minimum Gasteiger partial charge on any atom is -0.258 e. The predicted molar refractivity (Wildman–Crippen MR) is 73.7 cm³/mol. The van der Waals surface area contributed by atoms with Crippen LogP contribution >= 0.6 is 23.4 Å². The molecule has 19 heavy (non-hydrogen) atoms. The molecule has 0 bridgehead atoms. The molecule has 1 aromatic carbocycles. The lowest BCUT2D eigenvalue weighted by atomic mass is 10.2. The van der Waals surface area contributed by atoms with Gasteiger partial charge in [-0.25, -0.2) is 0 Å². The molecule has 0 atom stereocenters. The van der Waals surface area contributed by atoms with Crippen molar-refractivity contribution < 1.29 is 4.92 Å². The van der Waals surface area contributed by atoms with E-state index in [1.54, 1.807) is 12.1 Å². The lowest BCUT2D eigenvalue weighted by Gasteiger charge is -2.07. The van der Waals surface area contributed by atoms with Crippen molar-refractivity contribution in [3.05, 3.63) is 50.7 Å². The molecule has 0 spiro atoms. The number of hydrogen-bond donors (Lipinski definition) is 0. The molecular weight excluding hydrogens is 286 g/mol. The lowest BCUT2D eigenvalue weighted by Crippen LogP contribution is -1.95. The molecule has 0 saturated carbocycles. The van der Waals surface area contributed by atoms with Crippen LogP contribution < -0.4 is 0 Å². The van der Waals surface area contributed by atoms with Crippen molar-refractivity contribution in [2.24, 2.45) is 0 Å². The van der Waals surface area contributed by atoms with E-state index in [1.165, 1.54) is 23.9 Å². The van der Waals surface area contributed by atoms with Crippen LogP contribution in [0.3, 0.4) is 0 Å². The van der Waals surface area contributed by atoms with Gasteiger partial charge in [-0.3, -0.25) is 10.1 Å². The van der Waals surface area contributed by atoms with E-state index in [1.807, 2.05) is 13.8 Å². The second-order valence-corrected chi connectivity index (χ2v) is 5.32. The molecule has 0 saturated heterocycles. The van der Waals surface area contributed by atoms with Crippen molar-refractivity contribution in [2.45, 2.75) is 23.8 Å². The number of rotatable bonds is 3. The summed E-state index contributed by atoms with van der Waals surface area (Å²) in [7, 11) is 0. The Bertz CT molecular complexity index is 632. The molecule has 0 radical (unpaired) electrons. The Morgan fingerprint density at radius 1 is 1.16 bits per heavy atom. The van der Waals surface area contributed by atoms with Gasteiger partial charge in [-0.2, -0.15) is 0 Å². The molecule has 2 aromatic rings. The smallest absolute Gasteiger partial charge is 0.258 e. The van der Waals surface area contributed by atoms with Crippen LogP contribution in [-0.2, 0) is 0 Å². The van der Waals surface area contributed by atoms with Crippen LogP contribution in [0.1, 0.15) is 11.1 Å². The summed E-state index contributed by atoms with van der Waals surface area (Å²) >= 11 is 7.29. The highest BCUT2D eigenvalue weighted by molar-refractivity contribution is 7.99. The van der Waals surface area contributed by atoms with E-state index in [-0.39, 0.29) is 5.69 Å². The average Bonchev–Trinajstić information content (AvgIpc) is 2.40. The number of aromatic nitrogens is 2. The summed E-state index contributed by atoms with van der Waals surface area (Å²) in [5, 5.41) is 19.6. The average molecular weight is 296 g/mol. The standard InChI is InChI=1S/C12H10ClN3O2S/c1-7-8(2)12(15-14-11(7)13)19-10-5-3-9(4-6-10)16(17)18/h3-6H,1-2H3. The molecule has 0 aliphatic rings. The van der Waals surface area contributed by atoms with E-state index in [4.69, 9.17) is 11.6 Å². The van der Waals surface area contributed by atoms with Gasteiger partial charge in [0, 0.05) is 17.0 Å². The highest BCUT2D eigenvalue weighted by Crippen LogP contribution is 2.31. The maximum atomic E-state index is 10.6. The Morgan fingerprint density at radius 3 is 2.37 bits per heavy atom. The second kappa shape index (κ2) is 5.54. The zero-order chi connectivity index (χ0) is 14.0. The first-order valence-corrected chi connectivity index (χ1v) is 6.60. The van der Waals surface area contributed by atoms with Crippen molar-refractivity contribution in [3.8, 4) is 0 Å². The molecule has 0 unspecified atom stereocenters. The molecule has 2 rings (SSSR count). The summed E-state index contributed by atoms with van der Waals surface area (Å²) in [6.45, 7) is 3.80. The molecule has 5 nitrogen and oxygen atoms in total. The second-order valence-electron chi connectivity index (χ2n) is 3.90. The minimum atomic E-state index is -0.425. The molecular formula is C12H10ClN3O2S. The van der Waals surface area contributed by atoms with Gasteiger partial charge in [-0.05, 0) is 37.1 Å². The van der Waals surface area contributed by atoms with Gasteiger partial charge in [-0.15, -0.1) is 10.2 Å². The van der Waals surface area contributed by atoms with Crippen molar-refractivity contribution in [2.75, 3.05) is 0 Å². The number of hydrogen-bond acceptors (Lipinski definition) is 5. The summed E-state index contributed by atoms with van der Waals surface area (Å²) in [6.07, 6.45) is 0. The first-order valence-electron chi connectivity index (χ1n) is 5.40. The number of halogens is 1. The van der Waals surface area contributed by atoms with E-state index in [0.29, 0.717) is 5.15 Å². The van der Waals surface area contributed by atoms with Crippen LogP contribution in [0.25, 0.3) is 0 Å². The van der Waals surface area contributed by atoms with Gasteiger partial charge in [0.05, 0.1) is 4.92 Å². The maximum absolute atomic E-state index is 10.6.